The number of rotatable bonds is 28. The zero-order valence-corrected chi connectivity index (χ0v) is 24.0. The van der Waals surface area contributed by atoms with Crippen LogP contribution in [-0.4, -0.2) is 46.1 Å². The van der Waals surface area contributed by atoms with E-state index >= 15 is 0 Å². The van der Waals surface area contributed by atoms with Gasteiger partial charge in [0, 0.05) is 13.2 Å². The second kappa shape index (κ2) is 26.9. The van der Waals surface area contributed by atoms with Crippen molar-refractivity contribution >= 4 is 0 Å². The molecule has 0 aliphatic heterocycles. The molecule has 1 unspecified atom stereocenters. The van der Waals surface area contributed by atoms with Gasteiger partial charge in [-0.2, -0.15) is 0 Å². The summed E-state index contributed by atoms with van der Waals surface area (Å²) in [5.41, 5.74) is 0. The summed E-state index contributed by atoms with van der Waals surface area (Å²) in [6, 6.07) is 10.2. The highest BCUT2D eigenvalue weighted by Crippen LogP contribution is 2.16. The molecule has 0 heterocycles. The molecule has 0 aliphatic rings. The number of nitrogens with one attached hydrogen (secondary N) is 1. The summed E-state index contributed by atoms with van der Waals surface area (Å²) in [5.74, 6) is 1.78. The fourth-order valence-electron chi connectivity index (χ4n) is 4.44. The van der Waals surface area contributed by atoms with Crippen molar-refractivity contribution < 1.29 is 14.2 Å². The first-order valence-corrected chi connectivity index (χ1v) is 15.4. The molecule has 1 aromatic carbocycles. The maximum absolute atomic E-state index is 5.76. The van der Waals surface area contributed by atoms with Gasteiger partial charge < -0.3 is 19.5 Å². The summed E-state index contributed by atoms with van der Waals surface area (Å²) in [5, 5.41) is 3.34. The zero-order valence-electron chi connectivity index (χ0n) is 24.0. The fraction of sp³-hybridized carbons (Fsp3) is 0.812. The lowest BCUT2D eigenvalue weighted by Gasteiger charge is -2.12. The molecule has 210 valence electrons. The third-order valence-corrected chi connectivity index (χ3v) is 6.83. The van der Waals surface area contributed by atoms with Crippen LogP contribution in [0.3, 0.4) is 0 Å². The molecule has 0 aliphatic carbocycles. The average molecular weight is 506 g/mol. The van der Waals surface area contributed by atoms with E-state index in [0.717, 1.165) is 51.2 Å². The topological polar surface area (TPSA) is 39.7 Å². The molecule has 36 heavy (non-hydrogen) atoms. The van der Waals surface area contributed by atoms with Crippen LogP contribution in [-0.2, 0) is 9.47 Å². The van der Waals surface area contributed by atoms with E-state index in [4.69, 9.17) is 14.2 Å². The smallest absolute Gasteiger partial charge is 0.119 e. The molecular weight excluding hydrogens is 446 g/mol. The van der Waals surface area contributed by atoms with Gasteiger partial charge in [-0.15, -0.1) is 0 Å². The number of benzene rings is 1. The minimum Gasteiger partial charge on any atom is -0.494 e. The quantitative estimate of drug-likeness (QED) is 0.116. The van der Waals surface area contributed by atoms with Crippen LogP contribution in [0.15, 0.2) is 30.3 Å². The van der Waals surface area contributed by atoms with Crippen molar-refractivity contribution in [1.82, 2.24) is 5.32 Å². The first-order chi connectivity index (χ1) is 17.8. The average Bonchev–Trinajstić information content (AvgIpc) is 2.90. The molecule has 0 fully saturated rings. The minimum absolute atomic E-state index is 0.716. The Balaban J connectivity index is 1.69. The van der Waals surface area contributed by atoms with E-state index in [9.17, 15) is 0 Å². The molecule has 4 heteroatoms. The molecule has 1 aromatic rings. The number of unbranched alkanes of at least 4 members (excludes halogenated alkanes) is 12. The van der Waals surface area contributed by atoms with Crippen molar-refractivity contribution in [2.24, 2.45) is 5.92 Å². The minimum atomic E-state index is 0.716. The second-order valence-corrected chi connectivity index (χ2v) is 10.4. The Labute approximate surface area is 224 Å². The van der Waals surface area contributed by atoms with Gasteiger partial charge in [-0.05, 0) is 43.9 Å². The van der Waals surface area contributed by atoms with E-state index < -0.39 is 0 Å². The summed E-state index contributed by atoms with van der Waals surface area (Å²) in [6.45, 7) is 10.5. The second-order valence-electron chi connectivity index (χ2n) is 10.4. The number of para-hydroxylation sites is 1. The van der Waals surface area contributed by atoms with Gasteiger partial charge in [0.25, 0.3) is 0 Å². The van der Waals surface area contributed by atoms with Crippen molar-refractivity contribution in [3.63, 3.8) is 0 Å². The van der Waals surface area contributed by atoms with Gasteiger partial charge in [0.15, 0.2) is 0 Å². The van der Waals surface area contributed by atoms with Crippen LogP contribution in [0.5, 0.6) is 5.75 Å². The molecule has 0 saturated heterocycles. The van der Waals surface area contributed by atoms with E-state index in [0.29, 0.717) is 6.61 Å². The van der Waals surface area contributed by atoms with Crippen LogP contribution in [0, 0.1) is 5.92 Å². The van der Waals surface area contributed by atoms with Crippen LogP contribution in [0.4, 0.5) is 0 Å². The summed E-state index contributed by atoms with van der Waals surface area (Å²) in [4.78, 5) is 0. The van der Waals surface area contributed by atoms with Gasteiger partial charge in [-0.1, -0.05) is 116 Å². The first kappa shape index (κ1) is 32.9. The molecular formula is C32H59NO3. The van der Waals surface area contributed by atoms with Crippen LogP contribution in [0.2, 0.25) is 0 Å². The number of hydrogen-bond donors (Lipinski definition) is 1. The molecule has 1 rings (SSSR count). The van der Waals surface area contributed by atoms with Crippen LogP contribution in [0.1, 0.15) is 117 Å². The largest absolute Gasteiger partial charge is 0.494 e. The maximum atomic E-state index is 5.76. The maximum Gasteiger partial charge on any atom is 0.119 e. The SMILES string of the molecule is CCCNCCOCCOCCC(C)CCCCCCCCCCCCCCCOc1ccccc1. The molecule has 0 radical (unpaired) electrons. The lowest BCUT2D eigenvalue weighted by atomic mass is 9.99. The molecule has 1 N–H and O–H groups in total. The van der Waals surface area contributed by atoms with Gasteiger partial charge in [0.1, 0.15) is 5.75 Å². The molecule has 4 nitrogen and oxygen atoms in total. The monoisotopic (exact) mass is 505 g/mol. The third-order valence-electron chi connectivity index (χ3n) is 6.83. The van der Waals surface area contributed by atoms with Crippen LogP contribution < -0.4 is 10.1 Å². The summed E-state index contributed by atoms with van der Waals surface area (Å²) < 4.78 is 17.0. The normalized spacial score (nSPS) is 12.2. The van der Waals surface area contributed by atoms with E-state index in [-0.39, 0.29) is 0 Å². The summed E-state index contributed by atoms with van der Waals surface area (Å²) in [6.07, 6.45) is 21.6. The number of ether oxygens (including phenoxy) is 3. The first-order valence-electron chi connectivity index (χ1n) is 15.4. The molecule has 0 spiro atoms. The molecule has 0 aromatic heterocycles. The van der Waals surface area contributed by atoms with Gasteiger partial charge in [-0.3, -0.25) is 0 Å². The van der Waals surface area contributed by atoms with E-state index in [1.54, 1.807) is 0 Å². The molecule has 0 saturated carbocycles. The lowest BCUT2D eigenvalue weighted by molar-refractivity contribution is 0.0441. The van der Waals surface area contributed by atoms with Crippen molar-refractivity contribution in [3.05, 3.63) is 30.3 Å². The highest BCUT2D eigenvalue weighted by molar-refractivity contribution is 5.20. The predicted molar refractivity (Wildman–Crippen MR) is 155 cm³/mol. The van der Waals surface area contributed by atoms with Crippen LogP contribution >= 0.6 is 0 Å². The molecule has 1 atom stereocenters. The van der Waals surface area contributed by atoms with E-state index in [1.807, 2.05) is 30.3 Å². The lowest BCUT2D eigenvalue weighted by Crippen LogP contribution is -2.21. The van der Waals surface area contributed by atoms with E-state index in [2.05, 4.69) is 19.2 Å². The Morgan fingerprint density at radius 1 is 0.583 bits per heavy atom. The highest BCUT2D eigenvalue weighted by Gasteiger charge is 2.02. The van der Waals surface area contributed by atoms with Crippen molar-refractivity contribution in [1.29, 1.82) is 0 Å². The molecule has 0 bridgehead atoms. The van der Waals surface area contributed by atoms with Crippen molar-refractivity contribution in [2.75, 3.05) is 46.1 Å². The van der Waals surface area contributed by atoms with Crippen molar-refractivity contribution in [2.45, 2.75) is 117 Å². The number of hydrogen-bond acceptors (Lipinski definition) is 4. The Morgan fingerprint density at radius 3 is 1.75 bits per heavy atom. The summed E-state index contributed by atoms with van der Waals surface area (Å²) >= 11 is 0. The molecule has 0 amide bonds. The van der Waals surface area contributed by atoms with Crippen molar-refractivity contribution in [3.8, 4) is 5.75 Å². The van der Waals surface area contributed by atoms with Gasteiger partial charge in [0.2, 0.25) is 0 Å². The zero-order chi connectivity index (χ0) is 25.8. The highest BCUT2D eigenvalue weighted by atomic mass is 16.5. The van der Waals surface area contributed by atoms with E-state index in [1.165, 1.54) is 103 Å². The summed E-state index contributed by atoms with van der Waals surface area (Å²) in [7, 11) is 0. The third kappa shape index (κ3) is 23.3. The predicted octanol–water partition coefficient (Wildman–Crippen LogP) is 8.59. The fourth-order valence-corrected chi connectivity index (χ4v) is 4.44. The Kier molecular flexibility index (Phi) is 24.6. The Bertz CT molecular complexity index is 539. The Hall–Kier alpha value is -1.10. The van der Waals surface area contributed by atoms with Crippen LogP contribution in [0.25, 0.3) is 0 Å². The van der Waals surface area contributed by atoms with Gasteiger partial charge in [-0.25, -0.2) is 0 Å². The Morgan fingerprint density at radius 2 is 1.14 bits per heavy atom. The standard InChI is InChI=1S/C32H59NO3/c1-3-24-33-25-28-35-30-29-34-27-23-31(2)20-16-13-11-9-7-5-4-6-8-10-12-14-19-26-36-32-21-17-15-18-22-32/h15,17-18,21-22,31,33H,3-14,16,19-20,23-30H2,1-2H3. The van der Waals surface area contributed by atoms with Gasteiger partial charge in [0.05, 0.1) is 26.4 Å². The van der Waals surface area contributed by atoms with Gasteiger partial charge >= 0.3 is 0 Å².